The zero-order valence-electron chi connectivity index (χ0n) is 15.0. The van der Waals surface area contributed by atoms with Gasteiger partial charge < -0.3 is 9.47 Å². The molecule has 0 bridgehead atoms. The van der Waals surface area contributed by atoms with Gasteiger partial charge in [-0.05, 0) is 37.0 Å². The zero-order chi connectivity index (χ0) is 18.1. The van der Waals surface area contributed by atoms with Crippen molar-refractivity contribution in [1.29, 1.82) is 0 Å². The molecule has 0 unspecified atom stereocenters. The topological polar surface area (TPSA) is 38.8 Å². The summed E-state index contributed by atoms with van der Waals surface area (Å²) in [5, 5.41) is 0. The van der Waals surface area contributed by atoms with Gasteiger partial charge in [0.1, 0.15) is 0 Å². The van der Waals surface area contributed by atoms with Crippen LogP contribution in [0.25, 0.3) is 5.70 Å². The van der Waals surface area contributed by atoms with E-state index in [9.17, 15) is 4.79 Å². The molecule has 2 aliphatic rings. The highest BCUT2D eigenvalue weighted by molar-refractivity contribution is 6.22. The van der Waals surface area contributed by atoms with E-state index in [1.54, 1.807) is 12.0 Å². The Bertz CT molecular complexity index is 817. The Morgan fingerprint density at radius 3 is 2.50 bits per heavy atom. The first-order valence-corrected chi connectivity index (χ1v) is 9.12. The number of nitrogens with zero attached hydrogens (tertiary/aromatic N) is 1. The summed E-state index contributed by atoms with van der Waals surface area (Å²) >= 11 is 0. The van der Waals surface area contributed by atoms with Crippen molar-refractivity contribution in [3.8, 4) is 11.5 Å². The molecule has 4 rings (SSSR count). The van der Waals surface area contributed by atoms with Crippen molar-refractivity contribution in [1.82, 2.24) is 0 Å². The molecule has 0 aromatic heterocycles. The third-order valence-electron chi connectivity index (χ3n) is 5.30. The zero-order valence-corrected chi connectivity index (χ0v) is 15.0. The molecule has 1 saturated carbocycles. The highest BCUT2D eigenvalue weighted by Crippen LogP contribution is 2.39. The molecule has 2 aromatic rings. The number of amides is 1. The molecule has 0 saturated heterocycles. The van der Waals surface area contributed by atoms with Crippen LogP contribution in [0.5, 0.6) is 11.5 Å². The molecule has 4 heteroatoms. The van der Waals surface area contributed by atoms with Gasteiger partial charge in [-0.2, -0.15) is 0 Å². The summed E-state index contributed by atoms with van der Waals surface area (Å²) in [6.45, 7) is 4.81. The Morgan fingerprint density at radius 2 is 1.81 bits per heavy atom. The van der Waals surface area contributed by atoms with Crippen LogP contribution in [-0.4, -0.2) is 19.6 Å². The van der Waals surface area contributed by atoms with E-state index in [1.165, 1.54) is 25.7 Å². The van der Waals surface area contributed by atoms with Crippen molar-refractivity contribution < 1.29 is 14.3 Å². The average molecular weight is 349 g/mol. The highest BCUT2D eigenvalue weighted by Gasteiger charge is 2.32. The van der Waals surface area contributed by atoms with Gasteiger partial charge in [-0.15, -0.1) is 0 Å². The number of carbonyl (C=O) groups is 1. The molecule has 0 N–H and O–H groups in total. The van der Waals surface area contributed by atoms with E-state index in [0.717, 1.165) is 11.3 Å². The van der Waals surface area contributed by atoms with Crippen LogP contribution < -0.4 is 14.4 Å². The third-order valence-corrected chi connectivity index (χ3v) is 5.30. The molecule has 26 heavy (non-hydrogen) atoms. The lowest BCUT2D eigenvalue weighted by atomic mass is 10.1. The van der Waals surface area contributed by atoms with Crippen LogP contribution in [0, 0.1) is 5.92 Å². The fourth-order valence-corrected chi connectivity index (χ4v) is 3.86. The molecule has 4 nitrogen and oxygen atoms in total. The van der Waals surface area contributed by atoms with Crippen LogP contribution in [-0.2, 0) is 0 Å². The Labute approximate surface area is 154 Å². The smallest absolute Gasteiger partial charge is 0.263 e. The molecular weight excluding hydrogens is 326 g/mol. The van der Waals surface area contributed by atoms with Crippen LogP contribution in [0.1, 0.15) is 41.6 Å². The summed E-state index contributed by atoms with van der Waals surface area (Å²) < 4.78 is 11.5. The Morgan fingerprint density at radius 1 is 1.08 bits per heavy atom. The molecule has 134 valence electrons. The number of hydrogen-bond acceptors (Lipinski definition) is 3. The van der Waals surface area contributed by atoms with Crippen molar-refractivity contribution >= 4 is 17.3 Å². The molecule has 1 amide bonds. The van der Waals surface area contributed by atoms with Crippen molar-refractivity contribution in [2.75, 3.05) is 18.6 Å². The van der Waals surface area contributed by atoms with Gasteiger partial charge >= 0.3 is 0 Å². The predicted octanol–water partition coefficient (Wildman–Crippen LogP) is 4.90. The minimum Gasteiger partial charge on any atom is -0.493 e. The summed E-state index contributed by atoms with van der Waals surface area (Å²) in [7, 11) is 1.63. The number of benzene rings is 2. The number of hydrogen-bond donors (Lipinski definition) is 0. The molecule has 2 aromatic carbocycles. The minimum absolute atomic E-state index is 0.0579. The van der Waals surface area contributed by atoms with Gasteiger partial charge in [0.2, 0.25) is 0 Å². The first-order valence-electron chi connectivity index (χ1n) is 9.12. The van der Waals surface area contributed by atoms with Crippen LogP contribution >= 0.6 is 0 Å². The summed E-state index contributed by atoms with van der Waals surface area (Å²) in [4.78, 5) is 14.5. The minimum atomic E-state index is -0.0579. The van der Waals surface area contributed by atoms with Crippen molar-refractivity contribution in [3.05, 3.63) is 60.2 Å². The van der Waals surface area contributed by atoms with Gasteiger partial charge in [-0.1, -0.05) is 37.6 Å². The fraction of sp³-hybridized carbons (Fsp3) is 0.318. The maximum atomic E-state index is 12.8. The number of anilines is 1. The third kappa shape index (κ3) is 2.85. The Hall–Kier alpha value is -2.75. The molecule has 1 aliphatic heterocycles. The van der Waals surface area contributed by atoms with Gasteiger partial charge in [-0.3, -0.25) is 9.69 Å². The first kappa shape index (κ1) is 16.7. The monoisotopic (exact) mass is 349 g/mol. The quantitative estimate of drug-likeness (QED) is 0.771. The van der Waals surface area contributed by atoms with Crippen LogP contribution in [0.2, 0.25) is 0 Å². The molecule has 0 spiro atoms. The summed E-state index contributed by atoms with van der Waals surface area (Å²) in [5.41, 5.74) is 3.00. The molecule has 0 radical (unpaired) electrons. The van der Waals surface area contributed by atoms with E-state index < -0.39 is 0 Å². The molecular formula is C22H23NO3. The van der Waals surface area contributed by atoms with Crippen LogP contribution in [0.4, 0.5) is 5.69 Å². The second kappa shape index (κ2) is 6.87. The van der Waals surface area contributed by atoms with Gasteiger partial charge in [0.05, 0.1) is 25.1 Å². The lowest BCUT2D eigenvalue weighted by Gasteiger charge is -2.20. The molecule has 1 fully saturated rings. The maximum Gasteiger partial charge on any atom is 0.263 e. The number of rotatable bonds is 5. The second-order valence-electron chi connectivity index (χ2n) is 6.93. The second-order valence-corrected chi connectivity index (χ2v) is 6.93. The highest BCUT2D eigenvalue weighted by atomic mass is 16.5. The molecule has 1 aliphatic carbocycles. The van der Waals surface area contributed by atoms with Gasteiger partial charge in [0.25, 0.3) is 5.91 Å². The van der Waals surface area contributed by atoms with Crippen molar-refractivity contribution in [3.63, 3.8) is 0 Å². The van der Waals surface area contributed by atoms with Gasteiger partial charge in [0, 0.05) is 17.2 Å². The molecule has 0 atom stereocenters. The summed E-state index contributed by atoms with van der Waals surface area (Å²) in [6.07, 6.45) is 5.01. The number of carbonyl (C=O) groups excluding carboxylic acids is 1. The van der Waals surface area contributed by atoms with Crippen molar-refractivity contribution in [2.24, 2.45) is 5.92 Å². The fourth-order valence-electron chi connectivity index (χ4n) is 3.86. The largest absolute Gasteiger partial charge is 0.493 e. The molecule has 1 heterocycles. The van der Waals surface area contributed by atoms with Crippen LogP contribution in [0.15, 0.2) is 49.0 Å². The van der Waals surface area contributed by atoms with E-state index in [4.69, 9.17) is 9.47 Å². The normalized spacial score (nSPS) is 16.9. The number of ether oxygens (including phenoxy) is 2. The van der Waals surface area contributed by atoms with E-state index in [2.05, 4.69) is 6.58 Å². The Kier molecular flexibility index (Phi) is 4.41. The average Bonchev–Trinajstić information content (AvgIpc) is 3.27. The first-order chi connectivity index (χ1) is 12.7. The lowest BCUT2D eigenvalue weighted by Crippen LogP contribution is -2.22. The van der Waals surface area contributed by atoms with E-state index in [1.807, 2.05) is 42.5 Å². The van der Waals surface area contributed by atoms with E-state index >= 15 is 0 Å². The summed E-state index contributed by atoms with van der Waals surface area (Å²) in [6, 6.07) is 13.2. The summed E-state index contributed by atoms with van der Waals surface area (Å²) in [5.74, 6) is 1.91. The Balaban J connectivity index is 1.62. The van der Waals surface area contributed by atoms with Gasteiger partial charge in [-0.25, -0.2) is 0 Å². The van der Waals surface area contributed by atoms with E-state index in [-0.39, 0.29) is 5.91 Å². The van der Waals surface area contributed by atoms with E-state index in [0.29, 0.717) is 35.3 Å². The van der Waals surface area contributed by atoms with Gasteiger partial charge in [0.15, 0.2) is 11.5 Å². The SMILES string of the molecule is C=C1c2ccccc2C(=O)N1c1ccc(OC)c(OCC2CCCC2)c1. The van der Waals surface area contributed by atoms with Crippen molar-refractivity contribution in [2.45, 2.75) is 25.7 Å². The lowest BCUT2D eigenvalue weighted by molar-refractivity contribution is 0.101. The standard InChI is InChI=1S/C22H23NO3/c1-15-18-9-5-6-10-19(18)22(24)23(15)17-11-12-20(25-2)21(13-17)26-14-16-7-3-4-8-16/h5-6,9-13,16H,1,3-4,7-8,14H2,2H3. The van der Waals surface area contributed by atoms with Crippen LogP contribution in [0.3, 0.4) is 0 Å². The predicted molar refractivity (Wildman–Crippen MR) is 103 cm³/mol. The maximum absolute atomic E-state index is 12.8. The number of methoxy groups -OCH3 is 1. The number of fused-ring (bicyclic) bond motifs is 1.